The third-order valence-electron chi connectivity index (χ3n) is 5.83. The summed E-state index contributed by atoms with van der Waals surface area (Å²) < 4.78 is 75.9. The van der Waals surface area contributed by atoms with Crippen molar-refractivity contribution in [1.82, 2.24) is 9.62 Å². The summed E-state index contributed by atoms with van der Waals surface area (Å²) in [7, 11) is -3.83. The van der Waals surface area contributed by atoms with E-state index in [1.165, 1.54) is 0 Å². The standard InChI is InChI=1S/C22H24Cl3FN2O4S.C2HF3O2/c1-13(15-7-16(23)9-17(24)8-15)28-5-3-14(4-6-28)12-32-21-11-20(26)18(10-19(21)25)22(29)27-33(2,30)31;3-2(4,5)1(6)7/h7-11,13-14H,3-6,12H2,1-2H3,(H,27,29);(H,6,7). The Hall–Kier alpha value is -2.32. The molecule has 1 heterocycles. The first-order chi connectivity index (χ1) is 18.4. The summed E-state index contributed by atoms with van der Waals surface area (Å²) in [6.45, 7) is 4.17. The second kappa shape index (κ2) is 14.0. The zero-order valence-electron chi connectivity index (χ0n) is 21.1. The van der Waals surface area contributed by atoms with Crippen LogP contribution in [0.2, 0.25) is 15.1 Å². The van der Waals surface area contributed by atoms with Crippen molar-refractivity contribution in [3.05, 3.63) is 62.3 Å². The Labute approximate surface area is 243 Å². The van der Waals surface area contributed by atoms with Gasteiger partial charge in [-0.1, -0.05) is 34.8 Å². The molecule has 2 aromatic rings. The van der Waals surface area contributed by atoms with Crippen molar-refractivity contribution >= 4 is 56.7 Å². The average molecular weight is 652 g/mol. The van der Waals surface area contributed by atoms with E-state index < -0.39 is 39.5 Å². The van der Waals surface area contributed by atoms with Gasteiger partial charge in [-0.3, -0.25) is 9.69 Å². The number of piperidine rings is 1. The molecule has 0 aromatic heterocycles. The lowest BCUT2D eigenvalue weighted by atomic mass is 9.95. The van der Waals surface area contributed by atoms with Gasteiger partial charge in [-0.05, 0) is 68.6 Å². The maximum absolute atomic E-state index is 14.4. The second-order valence-corrected chi connectivity index (χ2v) is 12.0. The molecule has 1 aliphatic rings. The van der Waals surface area contributed by atoms with Crippen LogP contribution < -0.4 is 9.46 Å². The molecule has 1 amide bonds. The van der Waals surface area contributed by atoms with Crippen molar-refractivity contribution in [2.45, 2.75) is 32.0 Å². The number of sulfonamides is 1. The molecule has 2 N–H and O–H groups in total. The number of benzene rings is 2. The molecular weight excluding hydrogens is 627 g/mol. The summed E-state index contributed by atoms with van der Waals surface area (Å²) in [6, 6.07) is 7.78. The molecule has 40 heavy (non-hydrogen) atoms. The topological polar surface area (TPSA) is 113 Å². The molecule has 0 saturated carbocycles. The number of rotatable bonds is 7. The van der Waals surface area contributed by atoms with Crippen LogP contribution in [-0.2, 0) is 14.8 Å². The van der Waals surface area contributed by atoms with Crippen LogP contribution in [0.4, 0.5) is 17.6 Å². The lowest BCUT2D eigenvalue weighted by Crippen LogP contribution is -2.37. The fourth-order valence-electron chi connectivity index (χ4n) is 3.78. The molecule has 1 aliphatic heterocycles. The van der Waals surface area contributed by atoms with Crippen molar-refractivity contribution in [1.29, 1.82) is 0 Å². The molecule has 2 aromatic carbocycles. The molecule has 1 fully saturated rings. The number of ether oxygens (including phenoxy) is 1. The van der Waals surface area contributed by atoms with Crippen molar-refractivity contribution in [3.63, 3.8) is 0 Å². The number of halogens is 7. The highest BCUT2D eigenvalue weighted by Gasteiger charge is 2.38. The van der Waals surface area contributed by atoms with Gasteiger partial charge in [-0.15, -0.1) is 0 Å². The summed E-state index contributed by atoms with van der Waals surface area (Å²) in [5, 5.41) is 8.37. The van der Waals surface area contributed by atoms with Gasteiger partial charge in [0.1, 0.15) is 11.6 Å². The Bertz CT molecular complexity index is 1320. The number of carbonyl (C=O) groups excluding carboxylic acids is 1. The van der Waals surface area contributed by atoms with Gasteiger partial charge < -0.3 is 9.84 Å². The van der Waals surface area contributed by atoms with E-state index in [1.807, 2.05) is 12.1 Å². The molecule has 3 rings (SSSR count). The minimum absolute atomic E-state index is 0.0268. The van der Waals surface area contributed by atoms with Crippen LogP contribution in [0.25, 0.3) is 0 Å². The van der Waals surface area contributed by atoms with E-state index in [4.69, 9.17) is 49.4 Å². The molecule has 1 saturated heterocycles. The van der Waals surface area contributed by atoms with Crippen molar-refractivity contribution in [3.8, 4) is 5.75 Å². The fourth-order valence-corrected chi connectivity index (χ4v) is 4.99. The summed E-state index contributed by atoms with van der Waals surface area (Å²) in [5.41, 5.74) is 0.589. The summed E-state index contributed by atoms with van der Waals surface area (Å²) in [6.07, 6.45) is -2.51. The summed E-state index contributed by atoms with van der Waals surface area (Å²) in [4.78, 5) is 23.2. The molecule has 1 atom stereocenters. The van der Waals surface area contributed by atoms with Crippen LogP contribution in [0.3, 0.4) is 0 Å². The molecular formula is C24H25Cl3F4N2O6S. The molecule has 0 aliphatic carbocycles. The van der Waals surface area contributed by atoms with Gasteiger partial charge in [-0.25, -0.2) is 22.3 Å². The lowest BCUT2D eigenvalue weighted by Gasteiger charge is -2.36. The number of carboxylic acid groups (broad SMARTS) is 1. The van der Waals surface area contributed by atoms with E-state index in [1.54, 1.807) is 10.8 Å². The minimum atomic E-state index is -5.08. The SMILES string of the molecule is CC(c1cc(Cl)cc(Cl)c1)N1CCC(COc2cc(F)c(C(=O)NS(C)(=O)=O)cc2Cl)CC1.O=C(O)C(F)(F)F. The van der Waals surface area contributed by atoms with Crippen LogP contribution in [0, 0.1) is 11.7 Å². The van der Waals surface area contributed by atoms with Crippen molar-refractivity contribution in [2.24, 2.45) is 5.92 Å². The Morgan fingerprint density at radius 1 is 1.10 bits per heavy atom. The number of likely N-dealkylation sites (tertiary alicyclic amines) is 1. The molecule has 0 spiro atoms. The van der Waals surface area contributed by atoms with Gasteiger partial charge in [0.05, 0.1) is 23.4 Å². The monoisotopic (exact) mass is 650 g/mol. The average Bonchev–Trinajstić information content (AvgIpc) is 2.82. The van der Waals surface area contributed by atoms with Crippen LogP contribution in [0.1, 0.15) is 41.7 Å². The second-order valence-electron chi connectivity index (χ2n) is 8.94. The Kier molecular flexibility index (Phi) is 11.9. The van der Waals surface area contributed by atoms with Crippen LogP contribution in [-0.4, -0.2) is 62.4 Å². The molecule has 16 heteroatoms. The first kappa shape index (κ1) is 33.9. The van der Waals surface area contributed by atoms with E-state index in [9.17, 15) is 30.8 Å². The van der Waals surface area contributed by atoms with E-state index in [-0.39, 0.29) is 22.7 Å². The van der Waals surface area contributed by atoms with Gasteiger partial charge in [0.25, 0.3) is 5.91 Å². The zero-order valence-corrected chi connectivity index (χ0v) is 24.2. The number of nitrogens with zero attached hydrogens (tertiary/aromatic N) is 1. The number of hydrogen-bond acceptors (Lipinski definition) is 6. The third-order valence-corrected chi connectivity index (χ3v) is 7.11. The predicted octanol–water partition coefficient (Wildman–Crippen LogP) is 5.96. The normalized spacial score (nSPS) is 15.5. The van der Waals surface area contributed by atoms with Gasteiger partial charge in [-0.2, -0.15) is 13.2 Å². The highest BCUT2D eigenvalue weighted by Crippen LogP contribution is 2.32. The Morgan fingerprint density at radius 2 is 1.62 bits per heavy atom. The lowest BCUT2D eigenvalue weighted by molar-refractivity contribution is -0.192. The van der Waals surface area contributed by atoms with E-state index in [2.05, 4.69) is 11.8 Å². The molecule has 0 bridgehead atoms. The predicted molar refractivity (Wildman–Crippen MR) is 142 cm³/mol. The van der Waals surface area contributed by atoms with Crippen LogP contribution in [0.5, 0.6) is 5.75 Å². The summed E-state index contributed by atoms with van der Waals surface area (Å²) >= 11 is 18.4. The third kappa shape index (κ3) is 10.6. The number of nitrogens with one attached hydrogen (secondary N) is 1. The van der Waals surface area contributed by atoms with Crippen molar-refractivity contribution in [2.75, 3.05) is 26.0 Å². The van der Waals surface area contributed by atoms with E-state index in [0.717, 1.165) is 49.9 Å². The Balaban J connectivity index is 0.000000708. The molecule has 1 unspecified atom stereocenters. The Morgan fingerprint density at radius 3 is 2.10 bits per heavy atom. The molecule has 222 valence electrons. The minimum Gasteiger partial charge on any atom is -0.492 e. The number of carboxylic acids is 1. The van der Waals surface area contributed by atoms with Gasteiger partial charge in [0, 0.05) is 22.2 Å². The molecule has 8 nitrogen and oxygen atoms in total. The van der Waals surface area contributed by atoms with Crippen LogP contribution >= 0.6 is 34.8 Å². The van der Waals surface area contributed by atoms with Gasteiger partial charge in [0.15, 0.2) is 0 Å². The number of hydrogen-bond donors (Lipinski definition) is 2. The first-order valence-corrected chi connectivity index (χ1v) is 14.5. The van der Waals surface area contributed by atoms with Gasteiger partial charge >= 0.3 is 12.1 Å². The van der Waals surface area contributed by atoms with Gasteiger partial charge in [0.2, 0.25) is 10.0 Å². The van der Waals surface area contributed by atoms with E-state index >= 15 is 0 Å². The number of amides is 1. The summed E-state index contributed by atoms with van der Waals surface area (Å²) in [5.74, 6) is -4.41. The molecule has 0 radical (unpaired) electrons. The quantitative estimate of drug-likeness (QED) is 0.355. The number of carbonyl (C=O) groups is 2. The number of alkyl halides is 3. The van der Waals surface area contributed by atoms with Crippen LogP contribution in [0.15, 0.2) is 30.3 Å². The maximum atomic E-state index is 14.4. The highest BCUT2D eigenvalue weighted by atomic mass is 35.5. The highest BCUT2D eigenvalue weighted by molar-refractivity contribution is 7.89. The zero-order chi connectivity index (χ0) is 30.4. The largest absolute Gasteiger partial charge is 0.492 e. The fraction of sp³-hybridized carbons (Fsp3) is 0.417. The smallest absolute Gasteiger partial charge is 0.490 e. The number of aliphatic carboxylic acids is 1. The maximum Gasteiger partial charge on any atom is 0.490 e. The van der Waals surface area contributed by atoms with E-state index in [0.29, 0.717) is 16.7 Å². The first-order valence-electron chi connectivity index (χ1n) is 11.5. The van der Waals surface area contributed by atoms with Crippen molar-refractivity contribution < 1.29 is 45.4 Å².